The van der Waals surface area contributed by atoms with Crippen molar-refractivity contribution in [1.29, 1.82) is 0 Å². The summed E-state index contributed by atoms with van der Waals surface area (Å²) in [5, 5.41) is 54.7. The summed E-state index contributed by atoms with van der Waals surface area (Å²) in [5.74, 6) is -0.186. The van der Waals surface area contributed by atoms with Gasteiger partial charge < -0.3 is 40.3 Å². The average molecular weight is 1090 g/mol. The van der Waals surface area contributed by atoms with Gasteiger partial charge in [-0.15, -0.1) is 0 Å². The van der Waals surface area contributed by atoms with Crippen LogP contribution in [-0.4, -0.2) is 87.5 Å². The minimum absolute atomic E-state index is 0.186. The van der Waals surface area contributed by atoms with Crippen LogP contribution in [0.2, 0.25) is 0 Å². The molecule has 0 saturated carbocycles. The highest BCUT2D eigenvalue weighted by Gasteiger charge is 2.44. The zero-order valence-corrected chi connectivity index (χ0v) is 50.5. The molecule has 1 saturated heterocycles. The molecule has 6 N–H and O–H groups in total. The molecule has 0 radical (unpaired) electrons. The Labute approximate surface area is 475 Å². The zero-order chi connectivity index (χ0) is 55.8. The van der Waals surface area contributed by atoms with Crippen LogP contribution in [0.1, 0.15) is 322 Å². The van der Waals surface area contributed by atoms with E-state index in [1.807, 2.05) is 6.08 Å². The highest BCUT2D eigenvalue weighted by atomic mass is 16.7. The molecule has 7 atom stereocenters. The molecule has 1 fully saturated rings. The van der Waals surface area contributed by atoms with Crippen molar-refractivity contribution in [2.75, 3.05) is 13.2 Å². The van der Waals surface area contributed by atoms with Crippen LogP contribution in [0.15, 0.2) is 48.6 Å². The second-order valence-electron chi connectivity index (χ2n) is 23.2. The summed E-state index contributed by atoms with van der Waals surface area (Å²) in [6, 6.07) is -0.829. The fourth-order valence-corrected chi connectivity index (χ4v) is 10.6. The summed E-state index contributed by atoms with van der Waals surface area (Å²) >= 11 is 0. The lowest BCUT2D eigenvalue weighted by Gasteiger charge is -2.40. The van der Waals surface area contributed by atoms with Crippen LogP contribution in [0, 0.1) is 0 Å². The van der Waals surface area contributed by atoms with Crippen molar-refractivity contribution in [2.24, 2.45) is 0 Å². The first-order valence-corrected chi connectivity index (χ1v) is 33.4. The maximum absolute atomic E-state index is 13.1. The third-order valence-corrected chi connectivity index (χ3v) is 15.9. The first kappa shape index (κ1) is 73.2. The van der Waals surface area contributed by atoms with Gasteiger partial charge in [0, 0.05) is 6.42 Å². The SMILES string of the molecule is CCCCCCCCCC/C=C\CCCCCCCCCCCCCCCCCCCC(=O)NC(COC1OC(CO)C(O)C(O)C1O)C(O)/C=C/CC/C=C/CC/C=C/CCCCCCCCCCCCCCCCC. The topological polar surface area (TPSA) is 149 Å². The number of ether oxygens (including phenoxy) is 2. The van der Waals surface area contributed by atoms with Crippen LogP contribution < -0.4 is 5.32 Å². The molecule has 0 aromatic rings. The van der Waals surface area contributed by atoms with Crippen molar-refractivity contribution < 1.29 is 39.8 Å². The van der Waals surface area contributed by atoms with Gasteiger partial charge in [-0.3, -0.25) is 4.79 Å². The predicted octanol–water partition coefficient (Wildman–Crippen LogP) is 17.6. The fraction of sp³-hybridized carbons (Fsp3) is 0.868. The first-order chi connectivity index (χ1) is 37.8. The number of carbonyl (C=O) groups excluding carboxylic acids is 1. The summed E-state index contributed by atoms with van der Waals surface area (Å²) in [7, 11) is 0. The van der Waals surface area contributed by atoms with Gasteiger partial charge in [-0.25, -0.2) is 0 Å². The van der Waals surface area contributed by atoms with Gasteiger partial charge in [0.25, 0.3) is 0 Å². The van der Waals surface area contributed by atoms with Gasteiger partial charge in [-0.05, 0) is 70.6 Å². The van der Waals surface area contributed by atoms with E-state index < -0.39 is 49.5 Å². The molecular weight excluding hydrogens is 959 g/mol. The molecule has 1 heterocycles. The highest BCUT2D eigenvalue weighted by molar-refractivity contribution is 5.76. The Morgan fingerprint density at radius 1 is 0.429 bits per heavy atom. The normalized spacial score (nSPS) is 19.0. The standard InChI is InChI=1S/C68H127NO8/c1-3-5-7-9-11-13-15-17-19-21-23-25-27-29-30-31-32-34-36-38-40-42-44-46-48-50-52-54-56-58-64(72)69-61(60-76-68-67(75)66(74)65(73)63(59-70)77-68)62(71)57-55-53-51-49-47-45-43-41-39-37-35-33-28-26-24-22-20-18-16-14-12-10-8-6-4-2/h21,23,39,41,47,49,55,57,61-63,65-68,70-71,73-75H,3-20,22,24-38,40,42-46,48,50-54,56,58-60H2,1-2H3,(H,69,72)/b23-21-,41-39+,49-47+,57-55+. The number of amides is 1. The molecule has 1 aliphatic rings. The van der Waals surface area contributed by atoms with Crippen molar-refractivity contribution in [3.63, 3.8) is 0 Å². The average Bonchev–Trinajstić information content (AvgIpc) is 3.43. The summed E-state index contributed by atoms with van der Waals surface area (Å²) < 4.78 is 11.3. The Kier molecular flexibility index (Phi) is 54.5. The van der Waals surface area contributed by atoms with E-state index in [4.69, 9.17) is 9.47 Å². The Morgan fingerprint density at radius 3 is 1.09 bits per heavy atom. The van der Waals surface area contributed by atoms with Crippen LogP contribution in [0.25, 0.3) is 0 Å². The maximum atomic E-state index is 13.1. The highest BCUT2D eigenvalue weighted by Crippen LogP contribution is 2.23. The Hall–Kier alpha value is -1.85. The number of carbonyl (C=O) groups is 1. The van der Waals surface area contributed by atoms with Crippen LogP contribution >= 0.6 is 0 Å². The predicted molar refractivity (Wildman–Crippen MR) is 327 cm³/mol. The van der Waals surface area contributed by atoms with E-state index in [1.54, 1.807) is 6.08 Å². The minimum atomic E-state index is -1.58. The van der Waals surface area contributed by atoms with E-state index in [9.17, 15) is 30.3 Å². The fourth-order valence-electron chi connectivity index (χ4n) is 10.6. The first-order valence-electron chi connectivity index (χ1n) is 33.4. The number of aliphatic hydroxyl groups excluding tert-OH is 5. The van der Waals surface area contributed by atoms with E-state index in [2.05, 4.69) is 55.6 Å². The lowest BCUT2D eigenvalue weighted by Crippen LogP contribution is -2.60. The van der Waals surface area contributed by atoms with E-state index in [0.717, 1.165) is 44.9 Å². The van der Waals surface area contributed by atoms with Gasteiger partial charge in [0.15, 0.2) is 6.29 Å². The number of hydrogen-bond acceptors (Lipinski definition) is 8. The second-order valence-corrected chi connectivity index (χ2v) is 23.2. The number of hydrogen-bond donors (Lipinski definition) is 6. The zero-order valence-electron chi connectivity index (χ0n) is 50.5. The quantitative estimate of drug-likeness (QED) is 0.0261. The summed E-state index contributed by atoms with van der Waals surface area (Å²) in [6.07, 6.45) is 70.7. The van der Waals surface area contributed by atoms with Crippen molar-refractivity contribution >= 4 is 5.91 Å². The van der Waals surface area contributed by atoms with E-state index in [0.29, 0.717) is 6.42 Å². The van der Waals surface area contributed by atoms with Gasteiger partial charge in [-0.1, -0.05) is 294 Å². The molecular formula is C68H127NO8. The molecule has 452 valence electrons. The number of nitrogens with one attached hydrogen (secondary N) is 1. The smallest absolute Gasteiger partial charge is 0.220 e. The monoisotopic (exact) mass is 1090 g/mol. The van der Waals surface area contributed by atoms with Gasteiger partial charge >= 0.3 is 0 Å². The second kappa shape index (κ2) is 57.4. The molecule has 0 aliphatic carbocycles. The lowest BCUT2D eigenvalue weighted by molar-refractivity contribution is -0.302. The van der Waals surface area contributed by atoms with Crippen molar-refractivity contribution in [3.8, 4) is 0 Å². The van der Waals surface area contributed by atoms with Crippen LogP contribution in [-0.2, 0) is 14.3 Å². The van der Waals surface area contributed by atoms with Gasteiger partial charge in [-0.2, -0.15) is 0 Å². The van der Waals surface area contributed by atoms with E-state index in [-0.39, 0.29) is 12.5 Å². The van der Waals surface area contributed by atoms with Crippen LogP contribution in [0.4, 0.5) is 0 Å². The molecule has 1 rings (SSSR count). The third-order valence-electron chi connectivity index (χ3n) is 15.9. The molecule has 0 spiro atoms. The van der Waals surface area contributed by atoms with Gasteiger partial charge in [0.1, 0.15) is 24.4 Å². The summed E-state index contributed by atoms with van der Waals surface area (Å²) in [6.45, 7) is 3.80. The minimum Gasteiger partial charge on any atom is -0.394 e. The Morgan fingerprint density at radius 2 is 0.740 bits per heavy atom. The largest absolute Gasteiger partial charge is 0.394 e. The molecule has 0 aromatic carbocycles. The number of unbranched alkanes of at least 4 members (excludes halogenated alkanes) is 42. The summed E-state index contributed by atoms with van der Waals surface area (Å²) in [4.78, 5) is 13.1. The number of rotatable bonds is 58. The van der Waals surface area contributed by atoms with Gasteiger partial charge in [0.2, 0.25) is 5.91 Å². The lowest BCUT2D eigenvalue weighted by atomic mass is 9.99. The molecule has 9 nitrogen and oxygen atoms in total. The molecule has 0 aromatic heterocycles. The van der Waals surface area contributed by atoms with Crippen molar-refractivity contribution in [2.45, 2.75) is 365 Å². The van der Waals surface area contributed by atoms with E-state index in [1.165, 1.54) is 257 Å². The molecule has 7 unspecified atom stereocenters. The Balaban J connectivity index is 2.18. The van der Waals surface area contributed by atoms with Crippen molar-refractivity contribution in [1.82, 2.24) is 5.32 Å². The maximum Gasteiger partial charge on any atom is 0.220 e. The summed E-state index contributed by atoms with van der Waals surface area (Å²) in [5.41, 5.74) is 0. The number of aliphatic hydroxyl groups is 5. The molecule has 1 amide bonds. The van der Waals surface area contributed by atoms with Crippen molar-refractivity contribution in [3.05, 3.63) is 48.6 Å². The van der Waals surface area contributed by atoms with E-state index >= 15 is 0 Å². The third kappa shape index (κ3) is 46.5. The molecule has 9 heteroatoms. The number of allylic oxidation sites excluding steroid dienone is 7. The molecule has 77 heavy (non-hydrogen) atoms. The molecule has 1 aliphatic heterocycles. The Bertz CT molecular complexity index is 1350. The molecule has 0 bridgehead atoms. The van der Waals surface area contributed by atoms with Crippen LogP contribution in [0.5, 0.6) is 0 Å². The van der Waals surface area contributed by atoms with Gasteiger partial charge in [0.05, 0.1) is 25.4 Å². The van der Waals surface area contributed by atoms with Crippen LogP contribution in [0.3, 0.4) is 0 Å².